The van der Waals surface area contributed by atoms with Gasteiger partial charge in [0, 0.05) is 13.1 Å². The molecule has 0 bridgehead atoms. The first kappa shape index (κ1) is 16.0. The molecule has 4 nitrogen and oxygen atoms in total. The van der Waals surface area contributed by atoms with Crippen molar-refractivity contribution >= 4 is 23.7 Å². The monoisotopic (exact) mass is 314 g/mol. The highest BCUT2D eigenvalue weighted by Gasteiger charge is 2.31. The van der Waals surface area contributed by atoms with Crippen LogP contribution in [-0.2, 0) is 9.59 Å². The molecule has 1 aromatic carbocycles. The second-order valence-corrected chi connectivity index (χ2v) is 6.93. The summed E-state index contributed by atoms with van der Waals surface area (Å²) in [6, 6.07) is 7.76. The Morgan fingerprint density at radius 3 is 2.52 bits per heavy atom. The number of hydrogen-bond donors (Lipinski definition) is 0. The molecule has 0 spiro atoms. The zero-order valence-corrected chi connectivity index (χ0v) is 13.9. The lowest BCUT2D eigenvalue weighted by Gasteiger charge is -2.28. The minimum absolute atomic E-state index is 0.137. The summed E-state index contributed by atoms with van der Waals surface area (Å²) in [6.45, 7) is 3.13. The molecule has 1 aliphatic carbocycles. The predicted octanol–water partition coefficient (Wildman–Crippen LogP) is 3.60. The predicted molar refractivity (Wildman–Crippen MR) is 92.6 cm³/mol. The molecule has 1 aliphatic heterocycles. The van der Waals surface area contributed by atoms with Gasteiger partial charge in [-0.2, -0.15) is 0 Å². The molecule has 0 saturated heterocycles. The summed E-state index contributed by atoms with van der Waals surface area (Å²) in [5.74, 6) is 0.709. The van der Waals surface area contributed by atoms with Crippen molar-refractivity contribution in [2.75, 3.05) is 22.9 Å². The normalized spacial score (nSPS) is 22.7. The molecule has 2 aliphatic rings. The number of anilines is 2. The summed E-state index contributed by atoms with van der Waals surface area (Å²) in [6.07, 6.45) is 8.49. The van der Waals surface area contributed by atoms with Gasteiger partial charge in [-0.1, -0.05) is 51.2 Å². The highest BCUT2D eigenvalue weighted by molar-refractivity contribution is 6.02. The zero-order chi connectivity index (χ0) is 16.2. The number of carbonyl (C=O) groups is 2. The van der Waals surface area contributed by atoms with Gasteiger partial charge in [-0.25, -0.2) is 0 Å². The second kappa shape index (κ2) is 7.16. The molecule has 3 rings (SSSR count). The molecule has 23 heavy (non-hydrogen) atoms. The number of rotatable bonds is 4. The van der Waals surface area contributed by atoms with Crippen LogP contribution in [-0.4, -0.2) is 25.4 Å². The fraction of sp³-hybridized carbons (Fsp3) is 0.579. The molecule has 1 saturated carbocycles. The van der Waals surface area contributed by atoms with Crippen LogP contribution in [0.3, 0.4) is 0 Å². The third kappa shape index (κ3) is 3.41. The van der Waals surface area contributed by atoms with E-state index in [-0.39, 0.29) is 11.8 Å². The van der Waals surface area contributed by atoms with Gasteiger partial charge in [-0.15, -0.1) is 0 Å². The number of hydrogen-bond acceptors (Lipinski definition) is 2. The van der Waals surface area contributed by atoms with Gasteiger partial charge in [0.25, 0.3) is 0 Å². The Morgan fingerprint density at radius 2 is 1.83 bits per heavy atom. The van der Waals surface area contributed by atoms with Gasteiger partial charge in [-0.05, 0) is 24.5 Å². The third-order valence-corrected chi connectivity index (χ3v) is 5.25. The van der Waals surface area contributed by atoms with E-state index in [2.05, 4.69) is 0 Å². The SMILES string of the molecule is C[C@@H]1CN(C=O)c2ccccc2N(CCC2CCCCC2)C1=O. The first-order valence-corrected chi connectivity index (χ1v) is 8.83. The van der Waals surface area contributed by atoms with Crippen molar-refractivity contribution in [2.24, 2.45) is 11.8 Å². The average Bonchev–Trinajstić information content (AvgIpc) is 2.70. The van der Waals surface area contributed by atoms with Crippen LogP contribution < -0.4 is 9.80 Å². The lowest BCUT2D eigenvalue weighted by Crippen LogP contribution is -2.37. The van der Waals surface area contributed by atoms with Crippen LogP contribution in [0.1, 0.15) is 45.4 Å². The van der Waals surface area contributed by atoms with E-state index in [4.69, 9.17) is 0 Å². The molecule has 0 aromatic heterocycles. The van der Waals surface area contributed by atoms with Gasteiger partial charge in [0.15, 0.2) is 0 Å². The molecule has 0 N–H and O–H groups in total. The van der Waals surface area contributed by atoms with E-state index in [0.717, 1.165) is 36.7 Å². The average molecular weight is 314 g/mol. The molecule has 0 unspecified atom stereocenters. The van der Waals surface area contributed by atoms with Crippen molar-refractivity contribution in [2.45, 2.75) is 45.4 Å². The van der Waals surface area contributed by atoms with E-state index in [9.17, 15) is 9.59 Å². The number of fused-ring (bicyclic) bond motifs is 1. The Bertz CT molecular complexity index is 566. The van der Waals surface area contributed by atoms with E-state index in [0.29, 0.717) is 6.54 Å². The highest BCUT2D eigenvalue weighted by Crippen LogP contribution is 2.34. The Morgan fingerprint density at radius 1 is 1.13 bits per heavy atom. The number of para-hydroxylation sites is 2. The van der Waals surface area contributed by atoms with Crippen LogP contribution in [0.15, 0.2) is 24.3 Å². The number of carbonyl (C=O) groups excluding carboxylic acids is 2. The summed E-state index contributed by atoms with van der Waals surface area (Å²) in [5.41, 5.74) is 1.73. The number of amides is 2. The maximum absolute atomic E-state index is 12.8. The van der Waals surface area contributed by atoms with Gasteiger partial charge in [0.1, 0.15) is 0 Å². The number of nitrogens with zero attached hydrogens (tertiary/aromatic N) is 2. The molecule has 1 fully saturated rings. The molecular weight excluding hydrogens is 288 g/mol. The van der Waals surface area contributed by atoms with E-state index in [1.54, 1.807) is 4.90 Å². The summed E-state index contributed by atoms with van der Waals surface area (Å²) in [7, 11) is 0. The molecule has 1 heterocycles. The fourth-order valence-corrected chi connectivity index (χ4v) is 3.91. The molecule has 2 amide bonds. The van der Waals surface area contributed by atoms with Gasteiger partial charge < -0.3 is 9.80 Å². The Hall–Kier alpha value is -1.84. The molecule has 0 radical (unpaired) electrons. The Labute approximate surface area is 138 Å². The summed E-state index contributed by atoms with van der Waals surface area (Å²) in [5, 5.41) is 0. The van der Waals surface area contributed by atoms with Crippen LogP contribution in [0.2, 0.25) is 0 Å². The molecular formula is C19H26N2O2. The van der Waals surface area contributed by atoms with Gasteiger partial charge in [0.05, 0.1) is 17.3 Å². The van der Waals surface area contributed by atoms with Crippen LogP contribution in [0, 0.1) is 11.8 Å². The highest BCUT2D eigenvalue weighted by atomic mass is 16.2. The second-order valence-electron chi connectivity index (χ2n) is 6.93. The van der Waals surface area contributed by atoms with Crippen LogP contribution in [0.4, 0.5) is 11.4 Å². The van der Waals surface area contributed by atoms with Gasteiger partial charge in [-0.3, -0.25) is 9.59 Å². The minimum Gasteiger partial charge on any atom is -0.312 e. The van der Waals surface area contributed by atoms with Crippen molar-refractivity contribution in [3.8, 4) is 0 Å². The first-order valence-electron chi connectivity index (χ1n) is 8.83. The van der Waals surface area contributed by atoms with E-state index >= 15 is 0 Å². The first-order chi connectivity index (χ1) is 11.2. The topological polar surface area (TPSA) is 40.6 Å². The summed E-state index contributed by atoms with van der Waals surface area (Å²) in [4.78, 5) is 27.8. The molecule has 4 heteroatoms. The summed E-state index contributed by atoms with van der Waals surface area (Å²) < 4.78 is 0. The van der Waals surface area contributed by atoms with Crippen LogP contribution in [0.25, 0.3) is 0 Å². The van der Waals surface area contributed by atoms with Crippen LogP contribution in [0.5, 0.6) is 0 Å². The van der Waals surface area contributed by atoms with Crippen molar-refractivity contribution in [3.05, 3.63) is 24.3 Å². The third-order valence-electron chi connectivity index (χ3n) is 5.25. The van der Waals surface area contributed by atoms with Crippen molar-refractivity contribution in [1.82, 2.24) is 0 Å². The Kier molecular flexibility index (Phi) is 4.99. The zero-order valence-electron chi connectivity index (χ0n) is 13.9. The lowest BCUT2D eigenvalue weighted by atomic mass is 9.87. The Balaban J connectivity index is 1.83. The molecule has 1 aromatic rings. The lowest BCUT2D eigenvalue weighted by molar-refractivity contribution is -0.121. The summed E-state index contributed by atoms with van der Waals surface area (Å²) >= 11 is 0. The van der Waals surface area contributed by atoms with E-state index in [1.165, 1.54) is 32.1 Å². The van der Waals surface area contributed by atoms with Crippen LogP contribution >= 0.6 is 0 Å². The molecule has 1 atom stereocenters. The van der Waals surface area contributed by atoms with Gasteiger partial charge >= 0.3 is 0 Å². The van der Waals surface area contributed by atoms with Crippen molar-refractivity contribution in [3.63, 3.8) is 0 Å². The van der Waals surface area contributed by atoms with Crippen molar-refractivity contribution < 1.29 is 9.59 Å². The van der Waals surface area contributed by atoms with E-state index in [1.807, 2.05) is 36.1 Å². The maximum atomic E-state index is 12.8. The minimum atomic E-state index is -0.168. The fourth-order valence-electron chi connectivity index (χ4n) is 3.91. The smallest absolute Gasteiger partial charge is 0.231 e. The standard InChI is InChI=1S/C19H26N2O2/c1-15-13-20(14-22)17-9-5-6-10-18(17)21(19(15)23)12-11-16-7-3-2-4-8-16/h5-6,9-10,14-16H,2-4,7-8,11-13H2,1H3/t15-/m1/s1. The van der Waals surface area contributed by atoms with E-state index < -0.39 is 0 Å². The largest absolute Gasteiger partial charge is 0.312 e. The van der Waals surface area contributed by atoms with Gasteiger partial charge in [0.2, 0.25) is 12.3 Å². The quantitative estimate of drug-likeness (QED) is 0.797. The van der Waals surface area contributed by atoms with Crippen molar-refractivity contribution in [1.29, 1.82) is 0 Å². The maximum Gasteiger partial charge on any atom is 0.231 e. The molecule has 124 valence electrons. The number of benzene rings is 1.